The van der Waals surface area contributed by atoms with E-state index in [1.165, 1.54) is 5.56 Å². The minimum Gasteiger partial charge on any atom is -0.329 e. The molecule has 3 rings (SSSR count). The third-order valence-corrected chi connectivity index (χ3v) is 3.51. The van der Waals surface area contributed by atoms with Gasteiger partial charge in [-0.15, -0.1) is 0 Å². The summed E-state index contributed by atoms with van der Waals surface area (Å²) in [4.78, 5) is 13.3. The van der Waals surface area contributed by atoms with Crippen molar-refractivity contribution >= 4 is 0 Å². The molecule has 3 aromatic rings. The first-order chi connectivity index (χ1) is 10.4. The van der Waals surface area contributed by atoms with Crippen molar-refractivity contribution in [2.75, 3.05) is 0 Å². The SMILES string of the molecule is CCc1ccc(-c2nccn2CCc2ccccn2)nc1. The zero-order valence-electron chi connectivity index (χ0n) is 12.1. The van der Waals surface area contributed by atoms with Gasteiger partial charge in [0.1, 0.15) is 5.69 Å². The Balaban J connectivity index is 1.77. The normalized spacial score (nSPS) is 10.7. The Morgan fingerprint density at radius 3 is 2.67 bits per heavy atom. The van der Waals surface area contributed by atoms with Gasteiger partial charge in [0.2, 0.25) is 0 Å². The molecule has 0 unspecified atom stereocenters. The molecule has 0 radical (unpaired) electrons. The monoisotopic (exact) mass is 278 g/mol. The van der Waals surface area contributed by atoms with Crippen molar-refractivity contribution < 1.29 is 0 Å². The summed E-state index contributed by atoms with van der Waals surface area (Å²) in [6.45, 7) is 2.98. The molecule has 0 bridgehead atoms. The van der Waals surface area contributed by atoms with Crippen molar-refractivity contribution in [1.82, 2.24) is 19.5 Å². The highest BCUT2D eigenvalue weighted by molar-refractivity contribution is 5.49. The molecule has 4 heteroatoms. The predicted molar refractivity (Wildman–Crippen MR) is 82.8 cm³/mol. The zero-order valence-corrected chi connectivity index (χ0v) is 12.1. The van der Waals surface area contributed by atoms with E-state index >= 15 is 0 Å². The van der Waals surface area contributed by atoms with Crippen LogP contribution in [0.5, 0.6) is 0 Å². The number of imidazole rings is 1. The topological polar surface area (TPSA) is 43.6 Å². The van der Waals surface area contributed by atoms with Crippen LogP contribution in [0.15, 0.2) is 55.1 Å². The highest BCUT2D eigenvalue weighted by Crippen LogP contribution is 2.16. The van der Waals surface area contributed by atoms with E-state index in [-0.39, 0.29) is 0 Å². The van der Waals surface area contributed by atoms with E-state index in [0.29, 0.717) is 0 Å². The molecule has 3 aromatic heterocycles. The van der Waals surface area contributed by atoms with E-state index in [1.54, 1.807) is 0 Å². The number of rotatable bonds is 5. The highest BCUT2D eigenvalue weighted by Gasteiger charge is 2.07. The fourth-order valence-corrected chi connectivity index (χ4v) is 2.27. The number of hydrogen-bond acceptors (Lipinski definition) is 3. The summed E-state index contributed by atoms with van der Waals surface area (Å²) in [5, 5.41) is 0. The molecule has 0 saturated carbocycles. The van der Waals surface area contributed by atoms with Crippen LogP contribution >= 0.6 is 0 Å². The average molecular weight is 278 g/mol. The van der Waals surface area contributed by atoms with E-state index in [4.69, 9.17) is 0 Å². The lowest BCUT2D eigenvalue weighted by atomic mass is 10.2. The summed E-state index contributed by atoms with van der Waals surface area (Å²) in [6.07, 6.45) is 9.46. The van der Waals surface area contributed by atoms with Crippen molar-refractivity contribution in [2.24, 2.45) is 0 Å². The molecule has 0 aliphatic rings. The van der Waals surface area contributed by atoms with E-state index < -0.39 is 0 Å². The third kappa shape index (κ3) is 3.16. The lowest BCUT2D eigenvalue weighted by molar-refractivity contribution is 0.690. The molecule has 0 N–H and O–H groups in total. The molecule has 4 nitrogen and oxygen atoms in total. The van der Waals surface area contributed by atoms with Crippen molar-refractivity contribution in [3.8, 4) is 11.5 Å². The molecule has 0 aliphatic carbocycles. The average Bonchev–Trinajstić information content (AvgIpc) is 3.02. The lowest BCUT2D eigenvalue weighted by Gasteiger charge is -2.07. The summed E-state index contributed by atoms with van der Waals surface area (Å²) in [5.41, 5.74) is 3.25. The maximum atomic E-state index is 4.51. The maximum absolute atomic E-state index is 4.51. The first kappa shape index (κ1) is 13.5. The van der Waals surface area contributed by atoms with Crippen molar-refractivity contribution in [3.05, 3.63) is 66.4 Å². The second-order valence-electron chi connectivity index (χ2n) is 4.92. The van der Waals surface area contributed by atoms with Gasteiger partial charge in [-0.25, -0.2) is 4.98 Å². The largest absolute Gasteiger partial charge is 0.329 e. The zero-order chi connectivity index (χ0) is 14.5. The molecular weight excluding hydrogens is 260 g/mol. The molecule has 0 saturated heterocycles. The second-order valence-corrected chi connectivity index (χ2v) is 4.92. The van der Waals surface area contributed by atoms with Gasteiger partial charge in [0.25, 0.3) is 0 Å². The summed E-state index contributed by atoms with van der Waals surface area (Å²) in [6, 6.07) is 10.1. The first-order valence-electron chi connectivity index (χ1n) is 7.23. The van der Waals surface area contributed by atoms with Gasteiger partial charge in [0.15, 0.2) is 5.82 Å². The molecule has 0 amide bonds. The van der Waals surface area contributed by atoms with E-state index in [2.05, 4.69) is 32.5 Å². The predicted octanol–water partition coefficient (Wildman–Crippen LogP) is 3.15. The third-order valence-electron chi connectivity index (χ3n) is 3.51. The van der Waals surface area contributed by atoms with Crippen LogP contribution in [0.2, 0.25) is 0 Å². The van der Waals surface area contributed by atoms with Crippen LogP contribution in [0.1, 0.15) is 18.2 Å². The van der Waals surface area contributed by atoms with Crippen LogP contribution in [0.4, 0.5) is 0 Å². The molecule has 106 valence electrons. The van der Waals surface area contributed by atoms with Gasteiger partial charge in [-0.3, -0.25) is 9.97 Å². The maximum Gasteiger partial charge on any atom is 0.158 e. The molecular formula is C17H18N4. The van der Waals surface area contributed by atoms with Crippen LogP contribution in [0.3, 0.4) is 0 Å². The van der Waals surface area contributed by atoms with Crippen LogP contribution in [-0.4, -0.2) is 19.5 Å². The number of hydrogen-bond donors (Lipinski definition) is 0. The van der Waals surface area contributed by atoms with Gasteiger partial charge in [-0.1, -0.05) is 19.1 Å². The molecule has 0 fully saturated rings. The van der Waals surface area contributed by atoms with E-state index in [9.17, 15) is 0 Å². The summed E-state index contributed by atoms with van der Waals surface area (Å²) in [5.74, 6) is 0.911. The van der Waals surface area contributed by atoms with Crippen LogP contribution < -0.4 is 0 Å². The Morgan fingerprint density at radius 1 is 1.00 bits per heavy atom. The summed E-state index contributed by atoms with van der Waals surface area (Å²) >= 11 is 0. The minimum atomic E-state index is 0.851. The molecule has 21 heavy (non-hydrogen) atoms. The first-order valence-corrected chi connectivity index (χ1v) is 7.23. The fourth-order valence-electron chi connectivity index (χ4n) is 2.27. The van der Waals surface area contributed by atoms with Crippen molar-refractivity contribution in [3.63, 3.8) is 0 Å². The van der Waals surface area contributed by atoms with Gasteiger partial charge in [0.05, 0.1) is 0 Å². The number of aromatic nitrogens is 4. The van der Waals surface area contributed by atoms with Gasteiger partial charge < -0.3 is 4.57 Å². The Labute approximate surface area is 124 Å². The Hall–Kier alpha value is -2.49. The summed E-state index contributed by atoms with van der Waals surface area (Å²) < 4.78 is 2.13. The van der Waals surface area contributed by atoms with Crippen LogP contribution in [-0.2, 0) is 19.4 Å². The molecule has 0 atom stereocenters. The summed E-state index contributed by atoms with van der Waals surface area (Å²) in [7, 11) is 0. The number of nitrogens with zero attached hydrogens (tertiary/aromatic N) is 4. The second kappa shape index (κ2) is 6.31. The lowest BCUT2D eigenvalue weighted by Crippen LogP contribution is -2.04. The van der Waals surface area contributed by atoms with Gasteiger partial charge >= 0.3 is 0 Å². The molecule has 0 spiro atoms. The van der Waals surface area contributed by atoms with Gasteiger partial charge in [-0.2, -0.15) is 0 Å². The molecule has 3 heterocycles. The van der Waals surface area contributed by atoms with Crippen molar-refractivity contribution in [2.45, 2.75) is 26.3 Å². The highest BCUT2D eigenvalue weighted by atomic mass is 15.1. The van der Waals surface area contributed by atoms with Gasteiger partial charge in [0, 0.05) is 43.4 Å². The Morgan fingerprint density at radius 2 is 1.95 bits per heavy atom. The quantitative estimate of drug-likeness (QED) is 0.720. The number of aryl methyl sites for hydroxylation is 3. The van der Waals surface area contributed by atoms with Crippen LogP contribution in [0, 0.1) is 0 Å². The van der Waals surface area contributed by atoms with Crippen molar-refractivity contribution in [1.29, 1.82) is 0 Å². The standard InChI is InChI=1S/C17H18N4/c1-2-14-6-7-16(20-13-14)17-19-10-12-21(17)11-8-15-5-3-4-9-18-15/h3-7,9-10,12-13H,2,8,11H2,1H3. The van der Waals surface area contributed by atoms with E-state index in [1.807, 2.05) is 49.1 Å². The smallest absolute Gasteiger partial charge is 0.158 e. The Bertz CT molecular complexity index is 686. The van der Waals surface area contributed by atoms with Gasteiger partial charge in [-0.05, 0) is 30.2 Å². The minimum absolute atomic E-state index is 0.851. The molecule has 0 aromatic carbocycles. The van der Waals surface area contributed by atoms with Crippen LogP contribution in [0.25, 0.3) is 11.5 Å². The fraction of sp³-hybridized carbons (Fsp3) is 0.235. The Kier molecular flexibility index (Phi) is 4.05. The molecule has 0 aliphatic heterocycles. The van der Waals surface area contributed by atoms with E-state index in [0.717, 1.165) is 36.6 Å². The number of pyridine rings is 2.